The lowest BCUT2D eigenvalue weighted by Crippen LogP contribution is -2.32. The van der Waals surface area contributed by atoms with Gasteiger partial charge in [0.25, 0.3) is 0 Å². The van der Waals surface area contributed by atoms with Crippen LogP contribution in [0.5, 0.6) is 0 Å². The van der Waals surface area contributed by atoms with Crippen LogP contribution in [-0.2, 0) is 9.53 Å². The van der Waals surface area contributed by atoms with E-state index in [1.165, 1.54) is 0 Å². The Morgan fingerprint density at radius 2 is 1.93 bits per heavy atom. The van der Waals surface area contributed by atoms with Gasteiger partial charge in [-0.2, -0.15) is 0 Å². The Morgan fingerprint density at radius 1 is 1.29 bits per heavy atom. The van der Waals surface area contributed by atoms with Crippen molar-refractivity contribution in [3.05, 3.63) is 0 Å². The van der Waals surface area contributed by atoms with E-state index >= 15 is 0 Å². The third-order valence-electron chi connectivity index (χ3n) is 2.04. The fraction of sp³-hybridized carbons (Fsp3) is 0.900. The molecule has 0 atom stereocenters. The van der Waals surface area contributed by atoms with E-state index in [-0.39, 0.29) is 5.97 Å². The molecule has 0 aliphatic rings. The van der Waals surface area contributed by atoms with E-state index in [9.17, 15) is 4.79 Å². The maximum Gasteiger partial charge on any atom is 0.320 e. The van der Waals surface area contributed by atoms with Gasteiger partial charge in [-0.05, 0) is 19.6 Å². The van der Waals surface area contributed by atoms with Crippen molar-refractivity contribution in [2.75, 3.05) is 39.3 Å². The zero-order valence-corrected chi connectivity index (χ0v) is 9.51. The first-order chi connectivity index (χ1) is 6.74. The van der Waals surface area contributed by atoms with Gasteiger partial charge in [-0.3, -0.25) is 9.69 Å². The van der Waals surface area contributed by atoms with Gasteiger partial charge in [-0.15, -0.1) is 0 Å². The molecule has 14 heavy (non-hydrogen) atoms. The van der Waals surface area contributed by atoms with Gasteiger partial charge in [0.15, 0.2) is 0 Å². The third-order valence-corrected chi connectivity index (χ3v) is 2.04. The first kappa shape index (κ1) is 13.4. The number of hydrogen-bond acceptors (Lipinski definition) is 4. The van der Waals surface area contributed by atoms with Crippen LogP contribution in [0.1, 0.15) is 20.8 Å². The molecule has 0 amide bonds. The summed E-state index contributed by atoms with van der Waals surface area (Å²) in [7, 11) is 0. The van der Waals surface area contributed by atoms with E-state index in [0.717, 1.165) is 26.2 Å². The number of carbonyl (C=O) groups excluding carboxylic acids is 1. The Labute approximate surface area is 86.6 Å². The summed E-state index contributed by atoms with van der Waals surface area (Å²) >= 11 is 0. The van der Waals surface area contributed by atoms with E-state index in [2.05, 4.69) is 5.32 Å². The molecule has 4 nitrogen and oxygen atoms in total. The summed E-state index contributed by atoms with van der Waals surface area (Å²) in [5.74, 6) is -0.133. The second-order valence-electron chi connectivity index (χ2n) is 3.04. The van der Waals surface area contributed by atoms with Crippen molar-refractivity contribution in [3.8, 4) is 0 Å². The molecule has 84 valence electrons. The Kier molecular flexibility index (Phi) is 8.57. The molecule has 0 fully saturated rings. The smallest absolute Gasteiger partial charge is 0.320 e. The summed E-state index contributed by atoms with van der Waals surface area (Å²) in [6.45, 7) is 10.4. The zero-order valence-electron chi connectivity index (χ0n) is 9.51. The average molecular weight is 202 g/mol. The highest BCUT2D eigenvalue weighted by molar-refractivity contribution is 5.71. The van der Waals surface area contributed by atoms with Gasteiger partial charge < -0.3 is 10.1 Å². The largest absolute Gasteiger partial charge is 0.463 e. The molecule has 0 unspecified atom stereocenters. The topological polar surface area (TPSA) is 41.6 Å². The molecule has 1 N–H and O–H groups in total. The van der Waals surface area contributed by atoms with Crippen molar-refractivity contribution in [1.82, 2.24) is 10.2 Å². The van der Waals surface area contributed by atoms with Gasteiger partial charge in [0.1, 0.15) is 6.61 Å². The van der Waals surface area contributed by atoms with Crippen LogP contribution in [-0.4, -0.2) is 50.2 Å². The number of ether oxygens (including phenoxy) is 1. The summed E-state index contributed by atoms with van der Waals surface area (Å²) < 4.78 is 5.04. The van der Waals surface area contributed by atoms with Crippen molar-refractivity contribution < 1.29 is 9.53 Å². The lowest BCUT2D eigenvalue weighted by Gasteiger charge is -2.16. The summed E-state index contributed by atoms with van der Waals surface area (Å²) in [5.41, 5.74) is 0. The molecule has 0 saturated carbocycles. The van der Waals surface area contributed by atoms with Crippen LogP contribution < -0.4 is 5.32 Å². The predicted octanol–water partition coefficient (Wildman–Crippen LogP) is 0.481. The standard InChI is InChI=1S/C10H22N2O2/c1-4-11-7-8-14-10(13)9-12(5-2)6-3/h11H,4-9H2,1-3H3. The van der Waals surface area contributed by atoms with Crippen molar-refractivity contribution in [2.24, 2.45) is 0 Å². The van der Waals surface area contributed by atoms with E-state index in [0.29, 0.717) is 13.2 Å². The van der Waals surface area contributed by atoms with Crippen molar-refractivity contribution in [3.63, 3.8) is 0 Å². The summed E-state index contributed by atoms with van der Waals surface area (Å²) in [4.78, 5) is 13.3. The van der Waals surface area contributed by atoms with E-state index in [4.69, 9.17) is 4.74 Å². The molecule has 0 aliphatic carbocycles. The average Bonchev–Trinajstić information content (AvgIpc) is 2.21. The van der Waals surface area contributed by atoms with Gasteiger partial charge in [0, 0.05) is 6.54 Å². The summed E-state index contributed by atoms with van der Waals surface area (Å²) in [6.07, 6.45) is 0. The fourth-order valence-corrected chi connectivity index (χ4v) is 1.09. The maximum atomic E-state index is 11.2. The summed E-state index contributed by atoms with van der Waals surface area (Å²) in [6, 6.07) is 0. The number of carbonyl (C=O) groups is 1. The molecule has 0 radical (unpaired) electrons. The van der Waals surface area contributed by atoms with Crippen LogP contribution in [0, 0.1) is 0 Å². The van der Waals surface area contributed by atoms with Crippen molar-refractivity contribution >= 4 is 5.97 Å². The first-order valence-corrected chi connectivity index (χ1v) is 5.33. The van der Waals surface area contributed by atoms with Crippen LogP contribution in [0.3, 0.4) is 0 Å². The van der Waals surface area contributed by atoms with E-state index in [1.807, 2.05) is 25.7 Å². The molecule has 0 aromatic carbocycles. The van der Waals surface area contributed by atoms with E-state index < -0.39 is 0 Å². The molecule has 0 aliphatic heterocycles. The van der Waals surface area contributed by atoms with Crippen LogP contribution in [0.2, 0.25) is 0 Å². The third kappa shape index (κ3) is 6.86. The predicted molar refractivity (Wildman–Crippen MR) is 57.3 cm³/mol. The molecule has 0 spiro atoms. The second-order valence-corrected chi connectivity index (χ2v) is 3.04. The number of hydrogen-bond donors (Lipinski definition) is 1. The van der Waals surface area contributed by atoms with Gasteiger partial charge in [-0.25, -0.2) is 0 Å². The van der Waals surface area contributed by atoms with Crippen LogP contribution >= 0.6 is 0 Å². The molecule has 0 saturated heterocycles. The minimum Gasteiger partial charge on any atom is -0.463 e. The number of likely N-dealkylation sites (N-methyl/N-ethyl adjacent to an activating group) is 2. The summed E-state index contributed by atoms with van der Waals surface area (Å²) in [5, 5.41) is 3.09. The van der Waals surface area contributed by atoms with Gasteiger partial charge in [0.2, 0.25) is 0 Å². The Morgan fingerprint density at radius 3 is 2.43 bits per heavy atom. The van der Waals surface area contributed by atoms with Gasteiger partial charge in [-0.1, -0.05) is 20.8 Å². The number of nitrogens with zero attached hydrogens (tertiary/aromatic N) is 1. The Balaban J connectivity index is 3.44. The lowest BCUT2D eigenvalue weighted by molar-refractivity contribution is -0.144. The molecule has 0 aromatic rings. The van der Waals surface area contributed by atoms with Crippen molar-refractivity contribution in [1.29, 1.82) is 0 Å². The van der Waals surface area contributed by atoms with Crippen LogP contribution in [0.4, 0.5) is 0 Å². The molecule has 0 aromatic heterocycles. The molecular weight excluding hydrogens is 180 g/mol. The normalized spacial score (nSPS) is 10.6. The monoisotopic (exact) mass is 202 g/mol. The second kappa shape index (κ2) is 8.97. The Hall–Kier alpha value is -0.610. The number of rotatable bonds is 8. The van der Waals surface area contributed by atoms with Crippen LogP contribution in [0.25, 0.3) is 0 Å². The quantitative estimate of drug-likeness (QED) is 0.459. The highest BCUT2D eigenvalue weighted by Crippen LogP contribution is 1.88. The minimum absolute atomic E-state index is 0.133. The van der Waals surface area contributed by atoms with Crippen molar-refractivity contribution in [2.45, 2.75) is 20.8 Å². The number of nitrogens with one attached hydrogen (secondary N) is 1. The lowest BCUT2D eigenvalue weighted by atomic mass is 10.5. The molecular formula is C10H22N2O2. The molecule has 0 heterocycles. The minimum atomic E-state index is -0.133. The van der Waals surface area contributed by atoms with Gasteiger partial charge in [0.05, 0.1) is 6.54 Å². The fourth-order valence-electron chi connectivity index (χ4n) is 1.09. The molecule has 0 rings (SSSR count). The maximum absolute atomic E-state index is 11.2. The highest BCUT2D eigenvalue weighted by Gasteiger charge is 2.07. The van der Waals surface area contributed by atoms with Gasteiger partial charge >= 0.3 is 5.97 Å². The van der Waals surface area contributed by atoms with E-state index in [1.54, 1.807) is 0 Å². The SMILES string of the molecule is CCNCCOC(=O)CN(CC)CC. The molecule has 4 heteroatoms. The highest BCUT2D eigenvalue weighted by atomic mass is 16.5. The van der Waals surface area contributed by atoms with Crippen LogP contribution in [0.15, 0.2) is 0 Å². The number of esters is 1. The Bertz CT molecular complexity index is 147. The first-order valence-electron chi connectivity index (χ1n) is 5.33. The molecule has 0 bridgehead atoms. The zero-order chi connectivity index (χ0) is 10.8.